The van der Waals surface area contributed by atoms with E-state index in [4.69, 9.17) is 0 Å². The van der Waals surface area contributed by atoms with Crippen LogP contribution in [0, 0.1) is 6.92 Å². The number of aromatic nitrogens is 4. The molecule has 20 heavy (non-hydrogen) atoms. The van der Waals surface area contributed by atoms with Crippen molar-refractivity contribution >= 4 is 11.6 Å². The van der Waals surface area contributed by atoms with Crippen LogP contribution in [0.1, 0.15) is 18.3 Å². The van der Waals surface area contributed by atoms with Crippen LogP contribution in [0.15, 0.2) is 31.1 Å². The van der Waals surface area contributed by atoms with E-state index in [1.54, 1.807) is 20.5 Å². The zero-order valence-corrected chi connectivity index (χ0v) is 12.1. The van der Waals surface area contributed by atoms with E-state index < -0.39 is 0 Å². The van der Waals surface area contributed by atoms with Crippen LogP contribution >= 0.6 is 0 Å². The Morgan fingerprint density at radius 1 is 1.55 bits per heavy atom. The van der Waals surface area contributed by atoms with Crippen LogP contribution in [0.25, 0.3) is 0 Å². The summed E-state index contributed by atoms with van der Waals surface area (Å²) >= 11 is 0. The Morgan fingerprint density at radius 2 is 2.30 bits per heavy atom. The molecule has 6 nitrogen and oxygen atoms in total. The Labute approximate surface area is 118 Å². The van der Waals surface area contributed by atoms with Gasteiger partial charge in [0, 0.05) is 19.8 Å². The van der Waals surface area contributed by atoms with E-state index in [2.05, 4.69) is 16.8 Å². The molecule has 0 N–H and O–H groups in total. The summed E-state index contributed by atoms with van der Waals surface area (Å²) in [6.45, 7) is 8.70. The molecular formula is C14H19N5O. The zero-order valence-electron chi connectivity index (χ0n) is 12.1. The van der Waals surface area contributed by atoms with Crippen molar-refractivity contribution in [3.63, 3.8) is 0 Å². The average molecular weight is 273 g/mol. The van der Waals surface area contributed by atoms with Gasteiger partial charge in [0.25, 0.3) is 5.91 Å². The van der Waals surface area contributed by atoms with E-state index in [0.29, 0.717) is 6.54 Å². The summed E-state index contributed by atoms with van der Waals surface area (Å²) < 4.78 is 3.57. The Kier molecular flexibility index (Phi) is 4.02. The van der Waals surface area contributed by atoms with Gasteiger partial charge in [-0.2, -0.15) is 10.2 Å². The molecule has 2 aromatic rings. The molecule has 0 unspecified atom stereocenters. The molecule has 1 amide bonds. The van der Waals surface area contributed by atoms with E-state index in [1.165, 1.54) is 6.08 Å². The lowest BCUT2D eigenvalue weighted by molar-refractivity contribution is -0.114. The number of hydrogen-bond donors (Lipinski definition) is 0. The highest BCUT2D eigenvalue weighted by molar-refractivity contribution is 6.00. The molecule has 0 aliphatic heterocycles. The van der Waals surface area contributed by atoms with Crippen molar-refractivity contribution in [1.29, 1.82) is 0 Å². The molecule has 0 fully saturated rings. The molecule has 0 aliphatic rings. The predicted octanol–water partition coefficient (Wildman–Crippen LogP) is 1.66. The maximum Gasteiger partial charge on any atom is 0.250 e. The molecule has 0 radical (unpaired) electrons. The van der Waals surface area contributed by atoms with Crippen LogP contribution in [-0.2, 0) is 24.9 Å². The molecule has 6 heteroatoms. The van der Waals surface area contributed by atoms with Crippen molar-refractivity contribution in [2.45, 2.75) is 26.9 Å². The van der Waals surface area contributed by atoms with Crippen molar-refractivity contribution in [1.82, 2.24) is 19.6 Å². The topological polar surface area (TPSA) is 56.0 Å². The van der Waals surface area contributed by atoms with Crippen molar-refractivity contribution in [2.24, 2.45) is 7.05 Å². The molecule has 0 spiro atoms. The molecule has 0 aromatic carbocycles. The van der Waals surface area contributed by atoms with Crippen LogP contribution in [0.5, 0.6) is 0 Å². The van der Waals surface area contributed by atoms with Gasteiger partial charge in [0.2, 0.25) is 0 Å². The predicted molar refractivity (Wildman–Crippen MR) is 77.2 cm³/mol. The number of nitrogens with zero attached hydrogens (tertiary/aromatic N) is 5. The largest absolute Gasteiger partial charge is 0.300 e. The monoisotopic (exact) mass is 273 g/mol. The van der Waals surface area contributed by atoms with Gasteiger partial charge in [0.05, 0.1) is 29.8 Å². The highest BCUT2D eigenvalue weighted by atomic mass is 16.2. The van der Waals surface area contributed by atoms with Crippen LogP contribution < -0.4 is 4.90 Å². The highest BCUT2D eigenvalue weighted by Gasteiger charge is 2.17. The lowest BCUT2D eigenvalue weighted by atomic mass is 10.3. The van der Waals surface area contributed by atoms with Gasteiger partial charge in [0.15, 0.2) is 0 Å². The van der Waals surface area contributed by atoms with E-state index in [9.17, 15) is 4.79 Å². The van der Waals surface area contributed by atoms with Crippen LogP contribution in [0.4, 0.5) is 5.69 Å². The number of carbonyl (C=O) groups excluding carboxylic acids is 1. The minimum absolute atomic E-state index is 0.153. The fraction of sp³-hybridized carbons (Fsp3) is 0.357. The summed E-state index contributed by atoms with van der Waals surface area (Å²) in [6.07, 6.45) is 4.85. The fourth-order valence-corrected chi connectivity index (χ4v) is 2.05. The number of rotatable bonds is 5. The lowest BCUT2D eigenvalue weighted by Crippen LogP contribution is -2.29. The summed E-state index contributed by atoms with van der Waals surface area (Å²) in [4.78, 5) is 13.7. The molecule has 0 saturated heterocycles. The van der Waals surface area contributed by atoms with Crippen molar-refractivity contribution < 1.29 is 4.79 Å². The summed E-state index contributed by atoms with van der Waals surface area (Å²) in [6, 6.07) is 1.97. The molecular weight excluding hydrogens is 254 g/mol. The number of carbonyl (C=O) groups is 1. The number of aryl methyl sites for hydroxylation is 3. The van der Waals surface area contributed by atoms with Crippen LogP contribution in [0.2, 0.25) is 0 Å². The first kappa shape index (κ1) is 14.0. The molecule has 106 valence electrons. The first-order chi connectivity index (χ1) is 9.55. The maximum atomic E-state index is 12.1. The lowest BCUT2D eigenvalue weighted by Gasteiger charge is -2.19. The second kappa shape index (κ2) is 5.73. The molecule has 0 aliphatic carbocycles. The quantitative estimate of drug-likeness (QED) is 0.779. The van der Waals surface area contributed by atoms with Crippen molar-refractivity contribution in [2.75, 3.05) is 4.90 Å². The van der Waals surface area contributed by atoms with Crippen molar-refractivity contribution in [3.05, 3.63) is 42.5 Å². The second-order valence-corrected chi connectivity index (χ2v) is 4.58. The van der Waals surface area contributed by atoms with Gasteiger partial charge in [-0.05, 0) is 26.0 Å². The smallest absolute Gasteiger partial charge is 0.250 e. The minimum Gasteiger partial charge on any atom is -0.300 e. The summed E-state index contributed by atoms with van der Waals surface area (Å²) in [7, 11) is 1.87. The van der Waals surface area contributed by atoms with Gasteiger partial charge < -0.3 is 0 Å². The Balaban J connectivity index is 2.30. The Bertz CT molecular complexity index is 625. The third-order valence-corrected chi connectivity index (χ3v) is 3.11. The minimum atomic E-state index is -0.153. The number of hydrogen-bond acceptors (Lipinski definition) is 3. The van der Waals surface area contributed by atoms with Gasteiger partial charge >= 0.3 is 0 Å². The van der Waals surface area contributed by atoms with Gasteiger partial charge in [-0.25, -0.2) is 0 Å². The van der Waals surface area contributed by atoms with E-state index in [1.807, 2.05) is 33.2 Å². The van der Waals surface area contributed by atoms with Crippen LogP contribution in [0.3, 0.4) is 0 Å². The van der Waals surface area contributed by atoms with Gasteiger partial charge in [-0.15, -0.1) is 0 Å². The third-order valence-electron chi connectivity index (χ3n) is 3.11. The summed E-state index contributed by atoms with van der Waals surface area (Å²) in [5.74, 6) is -0.153. The first-order valence-electron chi connectivity index (χ1n) is 6.51. The number of anilines is 1. The first-order valence-corrected chi connectivity index (χ1v) is 6.51. The normalized spacial score (nSPS) is 10.6. The SMILES string of the molecule is C=CC(=O)N(Cc1cc(C)nn1C)c1cnn(CC)c1. The highest BCUT2D eigenvalue weighted by Crippen LogP contribution is 2.17. The standard InChI is InChI=1S/C14H19N5O/c1-5-14(20)19(13-8-15-18(6-2)9-13)10-12-7-11(3)16-17(12)4/h5,7-9H,1,6,10H2,2-4H3. The van der Waals surface area contributed by atoms with E-state index >= 15 is 0 Å². The molecule has 2 heterocycles. The fourth-order valence-electron chi connectivity index (χ4n) is 2.05. The Morgan fingerprint density at radius 3 is 2.80 bits per heavy atom. The molecule has 2 rings (SSSR count). The zero-order chi connectivity index (χ0) is 14.7. The summed E-state index contributed by atoms with van der Waals surface area (Å²) in [5, 5.41) is 8.50. The summed E-state index contributed by atoms with van der Waals surface area (Å²) in [5.41, 5.74) is 2.65. The number of amides is 1. The maximum absolute atomic E-state index is 12.1. The average Bonchev–Trinajstić information content (AvgIpc) is 3.01. The van der Waals surface area contributed by atoms with Gasteiger partial charge in [-0.3, -0.25) is 19.1 Å². The van der Waals surface area contributed by atoms with Crippen molar-refractivity contribution in [3.8, 4) is 0 Å². The molecule has 2 aromatic heterocycles. The van der Waals surface area contributed by atoms with E-state index in [0.717, 1.165) is 23.6 Å². The molecule has 0 saturated carbocycles. The molecule has 0 atom stereocenters. The van der Waals surface area contributed by atoms with Crippen LogP contribution in [-0.4, -0.2) is 25.5 Å². The van der Waals surface area contributed by atoms with Gasteiger partial charge in [-0.1, -0.05) is 6.58 Å². The molecule has 0 bridgehead atoms. The van der Waals surface area contributed by atoms with Gasteiger partial charge in [0.1, 0.15) is 0 Å². The second-order valence-electron chi connectivity index (χ2n) is 4.58. The third kappa shape index (κ3) is 2.79. The van der Waals surface area contributed by atoms with E-state index in [-0.39, 0.29) is 5.91 Å². The Hall–Kier alpha value is -2.37.